The van der Waals surface area contributed by atoms with Gasteiger partial charge in [0.05, 0.1) is 7.11 Å². The summed E-state index contributed by atoms with van der Waals surface area (Å²) in [5, 5.41) is 3.44. The predicted molar refractivity (Wildman–Crippen MR) is 81.5 cm³/mol. The van der Waals surface area contributed by atoms with Crippen LogP contribution in [-0.2, 0) is 0 Å². The third kappa shape index (κ3) is 3.50. The molecule has 2 rings (SSSR count). The standard InChI is InChI=1S/C17H21NO/c1-12(2)14-9-13(3)10-16(11-14)18-15-5-7-17(19-4)8-6-15/h5-12,18H,1-4H3. The molecule has 0 aliphatic carbocycles. The zero-order chi connectivity index (χ0) is 13.8. The van der Waals surface area contributed by atoms with Crippen LogP contribution in [0.25, 0.3) is 0 Å². The number of aryl methyl sites for hydroxylation is 1. The fourth-order valence-electron chi connectivity index (χ4n) is 2.06. The first-order valence-corrected chi connectivity index (χ1v) is 6.61. The molecule has 2 nitrogen and oxygen atoms in total. The van der Waals surface area contributed by atoms with Crippen molar-refractivity contribution in [1.82, 2.24) is 0 Å². The molecule has 100 valence electrons. The van der Waals surface area contributed by atoms with E-state index in [0.717, 1.165) is 17.1 Å². The van der Waals surface area contributed by atoms with Crippen LogP contribution in [0.2, 0.25) is 0 Å². The molecular weight excluding hydrogens is 234 g/mol. The number of methoxy groups -OCH3 is 1. The summed E-state index contributed by atoms with van der Waals surface area (Å²) in [4.78, 5) is 0. The van der Waals surface area contributed by atoms with Gasteiger partial charge in [0.15, 0.2) is 0 Å². The lowest BCUT2D eigenvalue weighted by atomic mass is 10.0. The second-order valence-electron chi connectivity index (χ2n) is 5.14. The molecule has 0 atom stereocenters. The Hall–Kier alpha value is -1.96. The topological polar surface area (TPSA) is 21.3 Å². The molecule has 0 aliphatic rings. The number of rotatable bonds is 4. The highest BCUT2D eigenvalue weighted by molar-refractivity contribution is 5.62. The van der Waals surface area contributed by atoms with Crippen LogP contribution in [0.3, 0.4) is 0 Å². The molecule has 0 unspecified atom stereocenters. The summed E-state index contributed by atoms with van der Waals surface area (Å²) in [7, 11) is 1.68. The van der Waals surface area contributed by atoms with E-state index in [1.54, 1.807) is 7.11 Å². The van der Waals surface area contributed by atoms with Gasteiger partial charge in [-0.05, 0) is 60.4 Å². The molecule has 0 fully saturated rings. The SMILES string of the molecule is COc1ccc(Nc2cc(C)cc(C(C)C)c2)cc1. The third-order valence-corrected chi connectivity index (χ3v) is 3.15. The van der Waals surface area contributed by atoms with Gasteiger partial charge in [-0.3, -0.25) is 0 Å². The lowest BCUT2D eigenvalue weighted by Gasteiger charge is -2.12. The van der Waals surface area contributed by atoms with Crippen molar-refractivity contribution >= 4 is 11.4 Å². The molecule has 19 heavy (non-hydrogen) atoms. The first-order valence-electron chi connectivity index (χ1n) is 6.61. The largest absolute Gasteiger partial charge is 0.497 e. The summed E-state index contributed by atoms with van der Waals surface area (Å²) in [5.74, 6) is 1.41. The van der Waals surface area contributed by atoms with E-state index in [4.69, 9.17) is 4.74 Å². The summed E-state index contributed by atoms with van der Waals surface area (Å²) < 4.78 is 5.16. The van der Waals surface area contributed by atoms with Crippen molar-refractivity contribution < 1.29 is 4.74 Å². The van der Waals surface area contributed by atoms with Crippen LogP contribution in [0, 0.1) is 6.92 Å². The van der Waals surface area contributed by atoms with Crippen molar-refractivity contribution in [2.75, 3.05) is 12.4 Å². The maximum atomic E-state index is 5.16. The van der Waals surface area contributed by atoms with E-state index < -0.39 is 0 Å². The lowest BCUT2D eigenvalue weighted by Crippen LogP contribution is -1.95. The second kappa shape index (κ2) is 5.79. The van der Waals surface area contributed by atoms with E-state index in [9.17, 15) is 0 Å². The van der Waals surface area contributed by atoms with Gasteiger partial charge in [-0.1, -0.05) is 19.9 Å². The van der Waals surface area contributed by atoms with Gasteiger partial charge in [0.2, 0.25) is 0 Å². The molecule has 2 aromatic rings. The summed E-state index contributed by atoms with van der Waals surface area (Å²) in [6.45, 7) is 6.56. The molecule has 0 saturated heterocycles. The number of hydrogen-bond acceptors (Lipinski definition) is 2. The van der Waals surface area contributed by atoms with Crippen molar-refractivity contribution in [3.63, 3.8) is 0 Å². The quantitative estimate of drug-likeness (QED) is 0.841. The highest BCUT2D eigenvalue weighted by Gasteiger charge is 2.03. The Morgan fingerprint density at radius 3 is 2.21 bits per heavy atom. The molecule has 0 saturated carbocycles. The van der Waals surface area contributed by atoms with Crippen molar-refractivity contribution in [2.45, 2.75) is 26.7 Å². The average Bonchev–Trinajstić information content (AvgIpc) is 2.39. The summed E-state index contributed by atoms with van der Waals surface area (Å²) >= 11 is 0. The average molecular weight is 255 g/mol. The smallest absolute Gasteiger partial charge is 0.119 e. The molecule has 0 spiro atoms. The number of ether oxygens (including phenoxy) is 1. The van der Waals surface area contributed by atoms with Crippen LogP contribution in [0.15, 0.2) is 42.5 Å². The van der Waals surface area contributed by atoms with Crippen LogP contribution < -0.4 is 10.1 Å². The van der Waals surface area contributed by atoms with E-state index in [2.05, 4.69) is 44.3 Å². The van der Waals surface area contributed by atoms with E-state index >= 15 is 0 Å². The Morgan fingerprint density at radius 2 is 1.63 bits per heavy atom. The Bertz CT molecular complexity index is 544. The van der Waals surface area contributed by atoms with Crippen LogP contribution in [0.4, 0.5) is 11.4 Å². The zero-order valence-electron chi connectivity index (χ0n) is 12.0. The van der Waals surface area contributed by atoms with Gasteiger partial charge in [0.1, 0.15) is 5.75 Å². The van der Waals surface area contributed by atoms with E-state index in [0.29, 0.717) is 5.92 Å². The van der Waals surface area contributed by atoms with Crippen LogP contribution in [0.1, 0.15) is 30.9 Å². The van der Waals surface area contributed by atoms with Gasteiger partial charge in [-0.15, -0.1) is 0 Å². The minimum absolute atomic E-state index is 0.538. The Balaban J connectivity index is 2.22. The first kappa shape index (κ1) is 13.5. The fourth-order valence-corrected chi connectivity index (χ4v) is 2.06. The number of hydrogen-bond donors (Lipinski definition) is 1. The van der Waals surface area contributed by atoms with E-state index in [-0.39, 0.29) is 0 Å². The van der Waals surface area contributed by atoms with Gasteiger partial charge in [-0.25, -0.2) is 0 Å². The van der Waals surface area contributed by atoms with Crippen molar-refractivity contribution in [3.8, 4) is 5.75 Å². The number of benzene rings is 2. The number of anilines is 2. The molecule has 2 heteroatoms. The molecule has 1 N–H and O–H groups in total. The Morgan fingerprint density at radius 1 is 0.947 bits per heavy atom. The Kier molecular flexibility index (Phi) is 4.10. The highest BCUT2D eigenvalue weighted by atomic mass is 16.5. The molecule has 0 bridgehead atoms. The minimum atomic E-state index is 0.538. The molecule has 0 radical (unpaired) electrons. The third-order valence-electron chi connectivity index (χ3n) is 3.15. The van der Waals surface area contributed by atoms with Crippen molar-refractivity contribution in [1.29, 1.82) is 0 Å². The van der Waals surface area contributed by atoms with Gasteiger partial charge in [-0.2, -0.15) is 0 Å². The fraction of sp³-hybridized carbons (Fsp3) is 0.294. The molecule has 0 aromatic heterocycles. The Labute approximate surface area is 115 Å². The summed E-state index contributed by atoms with van der Waals surface area (Å²) in [5.41, 5.74) is 4.84. The zero-order valence-corrected chi connectivity index (χ0v) is 12.0. The van der Waals surface area contributed by atoms with Gasteiger partial charge in [0, 0.05) is 11.4 Å². The lowest BCUT2D eigenvalue weighted by molar-refractivity contribution is 0.415. The van der Waals surface area contributed by atoms with Gasteiger partial charge in [0.25, 0.3) is 0 Å². The predicted octanol–water partition coefficient (Wildman–Crippen LogP) is 4.87. The minimum Gasteiger partial charge on any atom is -0.497 e. The molecule has 0 heterocycles. The monoisotopic (exact) mass is 255 g/mol. The normalized spacial score (nSPS) is 10.6. The van der Waals surface area contributed by atoms with Crippen molar-refractivity contribution in [3.05, 3.63) is 53.6 Å². The molecular formula is C17H21NO. The molecule has 0 aliphatic heterocycles. The summed E-state index contributed by atoms with van der Waals surface area (Å²) in [6.07, 6.45) is 0. The molecule has 2 aromatic carbocycles. The van der Waals surface area contributed by atoms with E-state index in [1.807, 2.05) is 24.3 Å². The highest BCUT2D eigenvalue weighted by Crippen LogP contribution is 2.25. The number of nitrogens with one attached hydrogen (secondary N) is 1. The maximum Gasteiger partial charge on any atom is 0.119 e. The molecule has 0 amide bonds. The second-order valence-corrected chi connectivity index (χ2v) is 5.14. The maximum absolute atomic E-state index is 5.16. The van der Waals surface area contributed by atoms with Crippen LogP contribution >= 0.6 is 0 Å². The first-order chi connectivity index (χ1) is 9.08. The van der Waals surface area contributed by atoms with E-state index in [1.165, 1.54) is 11.1 Å². The van der Waals surface area contributed by atoms with Crippen LogP contribution in [-0.4, -0.2) is 7.11 Å². The van der Waals surface area contributed by atoms with Crippen LogP contribution in [0.5, 0.6) is 5.75 Å². The van der Waals surface area contributed by atoms with Gasteiger partial charge >= 0.3 is 0 Å². The van der Waals surface area contributed by atoms with Gasteiger partial charge < -0.3 is 10.1 Å². The van der Waals surface area contributed by atoms with Crippen molar-refractivity contribution in [2.24, 2.45) is 0 Å². The summed E-state index contributed by atoms with van der Waals surface area (Å²) in [6, 6.07) is 14.6.